The van der Waals surface area contributed by atoms with Gasteiger partial charge in [0.1, 0.15) is 11.6 Å². The molecule has 3 rings (SSSR count). The summed E-state index contributed by atoms with van der Waals surface area (Å²) in [7, 11) is 0. The third-order valence-electron chi connectivity index (χ3n) is 4.37. The van der Waals surface area contributed by atoms with Gasteiger partial charge in [0.05, 0.1) is 5.02 Å². The van der Waals surface area contributed by atoms with Crippen LogP contribution in [0.25, 0.3) is 0 Å². The zero-order valence-electron chi connectivity index (χ0n) is 14.5. The van der Waals surface area contributed by atoms with Gasteiger partial charge in [-0.3, -0.25) is 9.69 Å². The second-order valence-corrected chi connectivity index (χ2v) is 6.85. The van der Waals surface area contributed by atoms with Gasteiger partial charge in [0.2, 0.25) is 0 Å². The number of likely N-dealkylation sites (tertiary alicyclic amines) is 1. The number of hydrogen-bond donors (Lipinski definition) is 1. The first kappa shape index (κ1) is 18.7. The fourth-order valence-electron chi connectivity index (χ4n) is 2.95. The Morgan fingerprint density at radius 3 is 2.50 bits per heavy atom. The molecule has 1 saturated heterocycles. The number of ether oxygens (including phenoxy) is 1. The highest BCUT2D eigenvalue weighted by atomic mass is 35.5. The summed E-state index contributed by atoms with van der Waals surface area (Å²) >= 11 is 5.86. The van der Waals surface area contributed by atoms with Gasteiger partial charge in [0.15, 0.2) is 6.61 Å². The molecule has 1 N–H and O–H groups in total. The number of halogens is 2. The Kier molecular flexibility index (Phi) is 6.47. The lowest BCUT2D eigenvalue weighted by Crippen LogP contribution is -2.28. The molecule has 2 aromatic rings. The van der Waals surface area contributed by atoms with Crippen LogP contribution in [0.2, 0.25) is 5.02 Å². The molecule has 0 radical (unpaired) electrons. The molecule has 26 heavy (non-hydrogen) atoms. The first-order valence-electron chi connectivity index (χ1n) is 8.75. The second-order valence-electron chi connectivity index (χ2n) is 6.44. The highest BCUT2D eigenvalue weighted by molar-refractivity contribution is 6.32. The van der Waals surface area contributed by atoms with Crippen LogP contribution in [0, 0.1) is 5.82 Å². The molecule has 0 atom stereocenters. The lowest BCUT2D eigenvalue weighted by Gasteiger charge is -2.14. The molecule has 138 valence electrons. The maximum absolute atomic E-state index is 13.0. The predicted octanol–water partition coefficient (Wildman–Crippen LogP) is 3.77. The highest BCUT2D eigenvalue weighted by Crippen LogP contribution is 2.24. The molecule has 1 aliphatic heterocycles. The first-order chi connectivity index (χ1) is 12.6. The Balaban J connectivity index is 1.42. The van der Waals surface area contributed by atoms with Crippen LogP contribution >= 0.6 is 11.6 Å². The fraction of sp³-hybridized carbons (Fsp3) is 0.350. The fourth-order valence-corrected chi connectivity index (χ4v) is 3.17. The van der Waals surface area contributed by atoms with E-state index in [1.807, 2.05) is 12.1 Å². The van der Waals surface area contributed by atoms with Gasteiger partial charge in [0, 0.05) is 13.1 Å². The minimum Gasteiger partial charge on any atom is -0.482 e. The van der Waals surface area contributed by atoms with Gasteiger partial charge in [-0.1, -0.05) is 35.9 Å². The van der Waals surface area contributed by atoms with Crippen molar-refractivity contribution in [2.45, 2.75) is 25.9 Å². The first-order valence-corrected chi connectivity index (χ1v) is 9.13. The zero-order valence-corrected chi connectivity index (χ0v) is 15.3. The Morgan fingerprint density at radius 1 is 1.12 bits per heavy atom. The van der Waals surface area contributed by atoms with E-state index in [1.165, 1.54) is 43.6 Å². The summed E-state index contributed by atoms with van der Waals surface area (Å²) < 4.78 is 18.3. The van der Waals surface area contributed by atoms with Crippen molar-refractivity contribution in [3.05, 3.63) is 64.4 Å². The topological polar surface area (TPSA) is 41.6 Å². The monoisotopic (exact) mass is 376 g/mol. The molecule has 0 aliphatic carbocycles. The minimum atomic E-state index is -0.444. The van der Waals surface area contributed by atoms with Gasteiger partial charge in [0.25, 0.3) is 5.91 Å². The average Bonchev–Trinajstić information content (AvgIpc) is 3.13. The molecule has 1 heterocycles. The number of amides is 1. The minimum absolute atomic E-state index is 0.145. The largest absolute Gasteiger partial charge is 0.482 e. The van der Waals surface area contributed by atoms with Crippen LogP contribution in [-0.2, 0) is 17.9 Å². The molecule has 1 amide bonds. The number of nitrogens with one attached hydrogen (secondary N) is 1. The van der Waals surface area contributed by atoms with Gasteiger partial charge < -0.3 is 10.1 Å². The number of hydrogen-bond acceptors (Lipinski definition) is 3. The summed E-state index contributed by atoms with van der Waals surface area (Å²) in [5.41, 5.74) is 2.32. The maximum Gasteiger partial charge on any atom is 0.258 e. The van der Waals surface area contributed by atoms with E-state index in [0.29, 0.717) is 6.54 Å². The Hall–Kier alpha value is -2.11. The lowest BCUT2D eigenvalue weighted by molar-refractivity contribution is -0.123. The summed E-state index contributed by atoms with van der Waals surface area (Å²) in [4.78, 5) is 14.4. The quantitative estimate of drug-likeness (QED) is 0.799. The number of nitrogens with zero attached hydrogens (tertiary/aromatic N) is 1. The smallest absolute Gasteiger partial charge is 0.258 e. The van der Waals surface area contributed by atoms with Crippen molar-refractivity contribution in [1.29, 1.82) is 0 Å². The van der Waals surface area contributed by atoms with Crippen LogP contribution in [0.15, 0.2) is 42.5 Å². The van der Waals surface area contributed by atoms with Crippen molar-refractivity contribution in [3.63, 3.8) is 0 Å². The lowest BCUT2D eigenvalue weighted by atomic mass is 10.1. The van der Waals surface area contributed by atoms with Crippen molar-refractivity contribution in [3.8, 4) is 5.75 Å². The van der Waals surface area contributed by atoms with Crippen LogP contribution in [-0.4, -0.2) is 30.5 Å². The van der Waals surface area contributed by atoms with Crippen LogP contribution in [0.5, 0.6) is 5.75 Å². The van der Waals surface area contributed by atoms with Gasteiger partial charge in [-0.25, -0.2) is 4.39 Å². The summed E-state index contributed by atoms with van der Waals surface area (Å²) in [5.74, 6) is -0.416. The Labute approximate surface area is 157 Å². The van der Waals surface area contributed by atoms with Gasteiger partial charge >= 0.3 is 0 Å². The molecular weight excluding hydrogens is 355 g/mol. The van der Waals surface area contributed by atoms with Gasteiger partial charge in [-0.15, -0.1) is 0 Å². The van der Waals surface area contributed by atoms with E-state index in [2.05, 4.69) is 22.3 Å². The number of rotatable bonds is 7. The van der Waals surface area contributed by atoms with Crippen molar-refractivity contribution in [1.82, 2.24) is 10.2 Å². The summed E-state index contributed by atoms with van der Waals surface area (Å²) in [5, 5.41) is 2.95. The van der Waals surface area contributed by atoms with E-state index in [4.69, 9.17) is 16.3 Å². The molecule has 0 saturated carbocycles. The van der Waals surface area contributed by atoms with Crippen molar-refractivity contribution in [2.24, 2.45) is 0 Å². The summed E-state index contributed by atoms with van der Waals surface area (Å²) in [6, 6.07) is 12.1. The summed E-state index contributed by atoms with van der Waals surface area (Å²) in [6.45, 7) is 3.60. The normalized spacial score (nSPS) is 14.4. The SMILES string of the molecule is O=C(COc1ccc(F)cc1Cl)NCc1ccc(CN2CCCC2)cc1. The van der Waals surface area contributed by atoms with Crippen LogP contribution < -0.4 is 10.1 Å². The third kappa shape index (κ3) is 5.44. The van der Waals surface area contributed by atoms with Crippen molar-refractivity contribution in [2.75, 3.05) is 19.7 Å². The zero-order chi connectivity index (χ0) is 18.4. The molecule has 1 fully saturated rings. The molecule has 0 spiro atoms. The van der Waals surface area contributed by atoms with Crippen molar-refractivity contribution >= 4 is 17.5 Å². The Bertz CT molecular complexity index is 746. The molecule has 1 aliphatic rings. The molecule has 0 aromatic heterocycles. The van der Waals surface area contributed by atoms with E-state index in [1.54, 1.807) is 0 Å². The van der Waals surface area contributed by atoms with Crippen LogP contribution in [0.3, 0.4) is 0 Å². The van der Waals surface area contributed by atoms with E-state index in [9.17, 15) is 9.18 Å². The Morgan fingerprint density at radius 2 is 1.81 bits per heavy atom. The van der Waals surface area contributed by atoms with E-state index in [-0.39, 0.29) is 23.3 Å². The molecule has 2 aromatic carbocycles. The van der Waals surface area contributed by atoms with Gasteiger partial charge in [-0.05, 0) is 55.3 Å². The standard InChI is InChI=1S/C20H22ClFN2O2/c21-18-11-17(22)7-8-19(18)26-14-20(25)23-12-15-3-5-16(6-4-15)13-24-9-1-2-10-24/h3-8,11H,1-2,9-10,12-14H2,(H,23,25). The molecule has 0 bridgehead atoms. The number of benzene rings is 2. The second kappa shape index (κ2) is 9.01. The van der Waals surface area contributed by atoms with E-state index < -0.39 is 5.82 Å². The molecular formula is C20H22ClFN2O2. The molecule has 4 nitrogen and oxygen atoms in total. The highest BCUT2D eigenvalue weighted by Gasteiger charge is 2.11. The van der Waals surface area contributed by atoms with E-state index >= 15 is 0 Å². The number of carbonyl (C=O) groups excluding carboxylic acids is 1. The predicted molar refractivity (Wildman–Crippen MR) is 99.7 cm³/mol. The van der Waals surface area contributed by atoms with Crippen molar-refractivity contribution < 1.29 is 13.9 Å². The molecule has 6 heteroatoms. The average molecular weight is 377 g/mol. The van der Waals surface area contributed by atoms with Crippen LogP contribution in [0.4, 0.5) is 4.39 Å². The van der Waals surface area contributed by atoms with Gasteiger partial charge in [-0.2, -0.15) is 0 Å². The maximum atomic E-state index is 13.0. The number of carbonyl (C=O) groups is 1. The van der Waals surface area contributed by atoms with Crippen LogP contribution in [0.1, 0.15) is 24.0 Å². The molecule has 0 unspecified atom stereocenters. The van der Waals surface area contributed by atoms with E-state index in [0.717, 1.165) is 18.2 Å². The summed E-state index contributed by atoms with van der Waals surface area (Å²) in [6.07, 6.45) is 2.57. The third-order valence-corrected chi connectivity index (χ3v) is 4.67.